The zero-order valence-corrected chi connectivity index (χ0v) is 16.7. The maximum Gasteiger partial charge on any atom is 0.416 e. The molecule has 12 heteroatoms. The van der Waals surface area contributed by atoms with Crippen LogP contribution in [-0.4, -0.2) is 33.7 Å². The van der Waals surface area contributed by atoms with Crippen LogP contribution in [0.4, 0.5) is 18.9 Å². The number of carbonyl (C=O) groups is 1. The monoisotopic (exact) mass is 483 g/mol. The number of benzene rings is 2. The molecule has 0 saturated heterocycles. The fourth-order valence-corrected chi connectivity index (χ4v) is 4.30. The first-order valence-corrected chi connectivity index (χ1v) is 9.56. The van der Waals surface area contributed by atoms with Gasteiger partial charge in [-0.3, -0.25) is 4.72 Å². The Bertz CT molecular complexity index is 1020. The Morgan fingerprint density at radius 1 is 1.07 bits per heavy atom. The number of hydrogen-bond donors (Lipinski definition) is 2. The van der Waals surface area contributed by atoms with Crippen molar-refractivity contribution < 1.29 is 41.0 Å². The van der Waals surface area contributed by atoms with Gasteiger partial charge < -0.3 is 14.6 Å². The van der Waals surface area contributed by atoms with Gasteiger partial charge in [0.15, 0.2) is 11.5 Å². The summed E-state index contributed by atoms with van der Waals surface area (Å²) in [6.07, 6.45) is -4.87. The molecule has 28 heavy (non-hydrogen) atoms. The quantitative estimate of drug-likeness (QED) is 0.644. The van der Waals surface area contributed by atoms with Gasteiger partial charge in [-0.1, -0.05) is 0 Å². The van der Waals surface area contributed by atoms with Gasteiger partial charge >= 0.3 is 12.1 Å². The summed E-state index contributed by atoms with van der Waals surface area (Å²) >= 11 is 3.06. The van der Waals surface area contributed by atoms with Crippen molar-refractivity contribution in [3.8, 4) is 11.5 Å². The van der Waals surface area contributed by atoms with Crippen molar-refractivity contribution in [2.75, 3.05) is 18.9 Å². The summed E-state index contributed by atoms with van der Waals surface area (Å²) in [4.78, 5) is 10.7. The molecule has 0 aliphatic heterocycles. The van der Waals surface area contributed by atoms with Crippen LogP contribution < -0.4 is 14.2 Å². The fraction of sp³-hybridized carbons (Fsp3) is 0.188. The van der Waals surface area contributed by atoms with Crippen molar-refractivity contribution >= 4 is 37.6 Å². The summed E-state index contributed by atoms with van der Waals surface area (Å²) in [5.41, 5.74) is -2.59. The third-order valence-electron chi connectivity index (χ3n) is 3.49. The molecule has 2 aromatic rings. The van der Waals surface area contributed by atoms with Gasteiger partial charge in [0, 0.05) is 10.5 Å². The third-order valence-corrected chi connectivity index (χ3v) is 5.83. The Morgan fingerprint density at radius 3 is 2.14 bits per heavy atom. The van der Waals surface area contributed by atoms with Crippen LogP contribution in [-0.2, 0) is 16.2 Å². The van der Waals surface area contributed by atoms with E-state index in [1.54, 1.807) is 0 Å². The molecular formula is C16H13BrF3NO6S. The van der Waals surface area contributed by atoms with Crippen molar-refractivity contribution in [2.45, 2.75) is 11.1 Å². The highest BCUT2D eigenvalue weighted by Gasteiger charge is 2.32. The average molecular weight is 484 g/mol. The molecular weight excluding hydrogens is 471 g/mol. The van der Waals surface area contributed by atoms with E-state index in [0.717, 1.165) is 12.1 Å². The summed E-state index contributed by atoms with van der Waals surface area (Å²) < 4.78 is 76.4. The van der Waals surface area contributed by atoms with Crippen molar-refractivity contribution in [3.63, 3.8) is 0 Å². The lowest BCUT2D eigenvalue weighted by atomic mass is 10.1. The van der Waals surface area contributed by atoms with E-state index in [9.17, 15) is 26.4 Å². The maximum absolute atomic E-state index is 13.0. The molecule has 2 N–H and O–H groups in total. The Hall–Kier alpha value is -2.47. The topological polar surface area (TPSA) is 102 Å². The first kappa shape index (κ1) is 21.8. The van der Waals surface area contributed by atoms with Gasteiger partial charge in [-0.2, -0.15) is 13.2 Å². The Morgan fingerprint density at radius 2 is 1.64 bits per heavy atom. The van der Waals surface area contributed by atoms with Gasteiger partial charge in [0.2, 0.25) is 0 Å². The fourth-order valence-electron chi connectivity index (χ4n) is 2.23. The van der Waals surface area contributed by atoms with E-state index in [2.05, 4.69) is 15.9 Å². The molecule has 7 nitrogen and oxygen atoms in total. The number of aromatic carboxylic acids is 1. The number of rotatable bonds is 6. The summed E-state index contributed by atoms with van der Waals surface area (Å²) in [5, 5.41) is 9.00. The first-order valence-electron chi connectivity index (χ1n) is 7.29. The van der Waals surface area contributed by atoms with Crippen molar-refractivity contribution in [1.82, 2.24) is 0 Å². The zero-order chi connectivity index (χ0) is 21.3. The Labute approximate surface area is 166 Å². The number of anilines is 1. The lowest BCUT2D eigenvalue weighted by molar-refractivity contribution is -0.137. The predicted molar refractivity (Wildman–Crippen MR) is 96.5 cm³/mol. The molecule has 0 saturated carbocycles. The van der Waals surface area contributed by atoms with Gasteiger partial charge in [-0.15, -0.1) is 0 Å². The van der Waals surface area contributed by atoms with Crippen molar-refractivity contribution in [3.05, 3.63) is 45.9 Å². The highest BCUT2D eigenvalue weighted by Crippen LogP contribution is 2.37. The molecule has 0 radical (unpaired) electrons. The minimum Gasteiger partial charge on any atom is -0.493 e. The zero-order valence-electron chi connectivity index (χ0n) is 14.3. The first-order chi connectivity index (χ1) is 12.9. The van der Waals surface area contributed by atoms with Crippen LogP contribution in [0.2, 0.25) is 0 Å². The maximum atomic E-state index is 13.0. The predicted octanol–water partition coefficient (Wildman–Crippen LogP) is 3.98. The number of nitrogens with one attached hydrogen (secondary N) is 1. The Kier molecular flexibility index (Phi) is 6.14. The summed E-state index contributed by atoms with van der Waals surface area (Å²) in [6.45, 7) is 0. The molecule has 2 aromatic carbocycles. The van der Waals surface area contributed by atoms with Crippen LogP contribution in [0.25, 0.3) is 0 Å². The van der Waals surface area contributed by atoms with Gasteiger partial charge in [0.1, 0.15) is 4.90 Å². The second-order valence-corrected chi connectivity index (χ2v) is 7.85. The molecule has 0 aliphatic rings. The van der Waals surface area contributed by atoms with Crippen molar-refractivity contribution in [2.24, 2.45) is 0 Å². The number of halogens is 4. The lowest BCUT2D eigenvalue weighted by Crippen LogP contribution is -2.16. The molecule has 0 aliphatic carbocycles. The number of carboxylic acids is 1. The Balaban J connectivity index is 2.56. The molecule has 0 unspecified atom stereocenters. The second kappa shape index (κ2) is 7.87. The number of methoxy groups -OCH3 is 2. The van der Waals surface area contributed by atoms with Gasteiger partial charge in [-0.05, 0) is 40.2 Å². The van der Waals surface area contributed by atoms with Crippen LogP contribution in [0, 0.1) is 0 Å². The molecule has 0 heterocycles. The number of sulfonamides is 1. The van der Waals surface area contributed by atoms with E-state index in [1.807, 2.05) is 4.72 Å². The summed E-state index contributed by atoms with van der Waals surface area (Å²) in [5.74, 6) is -1.35. The number of alkyl halides is 3. The highest BCUT2D eigenvalue weighted by molar-refractivity contribution is 9.10. The van der Waals surface area contributed by atoms with Gasteiger partial charge in [0.05, 0.1) is 31.0 Å². The number of ether oxygens (including phenoxy) is 2. The minimum absolute atomic E-state index is 0.0584. The number of hydrogen-bond acceptors (Lipinski definition) is 5. The van der Waals surface area contributed by atoms with E-state index in [1.165, 1.54) is 20.3 Å². The standard InChI is InChI=1S/C16H13BrF3NO6S/c1-26-12-6-11(17)14(7-13(12)27-2)28(24,25)21-10-4-8(15(22)23)3-9(5-10)16(18,19)20/h3-7,21H,1-2H3,(H,22,23). The van der Waals surface area contributed by atoms with E-state index in [4.69, 9.17) is 14.6 Å². The molecule has 0 aromatic heterocycles. The van der Waals surface area contributed by atoms with Crippen LogP contribution in [0.1, 0.15) is 15.9 Å². The largest absolute Gasteiger partial charge is 0.493 e. The summed E-state index contributed by atoms with van der Waals surface area (Å²) in [6, 6.07) is 4.11. The average Bonchev–Trinajstić information content (AvgIpc) is 2.59. The van der Waals surface area contributed by atoms with Crippen LogP contribution in [0.3, 0.4) is 0 Å². The van der Waals surface area contributed by atoms with E-state index in [-0.39, 0.29) is 20.9 Å². The number of carboxylic acid groups (broad SMARTS) is 1. The SMILES string of the molecule is COc1cc(Br)c(S(=O)(=O)Nc2cc(C(=O)O)cc(C(F)(F)F)c2)cc1OC. The van der Waals surface area contributed by atoms with E-state index >= 15 is 0 Å². The van der Waals surface area contributed by atoms with Gasteiger partial charge in [0.25, 0.3) is 10.0 Å². The van der Waals surface area contributed by atoms with Crippen LogP contribution in [0.15, 0.2) is 39.7 Å². The van der Waals surface area contributed by atoms with Crippen molar-refractivity contribution in [1.29, 1.82) is 0 Å². The third kappa shape index (κ3) is 4.68. The normalized spacial score (nSPS) is 11.8. The molecule has 0 spiro atoms. The molecule has 0 amide bonds. The molecule has 152 valence electrons. The van der Waals surface area contributed by atoms with E-state index in [0.29, 0.717) is 12.1 Å². The smallest absolute Gasteiger partial charge is 0.416 e. The van der Waals surface area contributed by atoms with E-state index < -0.39 is 39.0 Å². The molecule has 0 bridgehead atoms. The summed E-state index contributed by atoms with van der Waals surface area (Å²) in [7, 11) is -1.78. The van der Waals surface area contributed by atoms with Crippen LogP contribution >= 0.6 is 15.9 Å². The molecule has 0 fully saturated rings. The lowest BCUT2D eigenvalue weighted by Gasteiger charge is -2.15. The van der Waals surface area contributed by atoms with Gasteiger partial charge in [-0.25, -0.2) is 13.2 Å². The highest BCUT2D eigenvalue weighted by atomic mass is 79.9. The van der Waals surface area contributed by atoms with Crippen LogP contribution in [0.5, 0.6) is 11.5 Å². The minimum atomic E-state index is -4.87. The molecule has 0 atom stereocenters. The second-order valence-electron chi connectivity index (χ2n) is 5.35. The molecule has 2 rings (SSSR count).